The van der Waals surface area contributed by atoms with Crippen molar-refractivity contribution in [3.05, 3.63) is 62.1 Å². The van der Waals surface area contributed by atoms with Crippen LogP contribution in [-0.2, 0) is 11.0 Å². The molecule has 10 heteroatoms. The van der Waals surface area contributed by atoms with E-state index in [9.17, 15) is 28.1 Å². The molecule has 1 aliphatic rings. The van der Waals surface area contributed by atoms with Gasteiger partial charge in [0.1, 0.15) is 11.3 Å². The average Bonchev–Trinajstić information content (AvgIpc) is 2.82. The summed E-state index contributed by atoms with van der Waals surface area (Å²) in [7, 11) is 0. The highest BCUT2D eigenvalue weighted by Gasteiger charge is 2.38. The van der Waals surface area contributed by atoms with Crippen LogP contribution in [-0.4, -0.2) is 16.5 Å². The SMILES string of the molecule is O=C1Nc2ccc(Br)cc2C1=Nc1ccc([N+](=O)[O-])c(C(F)(F)F)c1. The minimum absolute atomic E-state index is 0.0710. The van der Waals surface area contributed by atoms with Gasteiger partial charge < -0.3 is 5.32 Å². The second-order valence-corrected chi connectivity index (χ2v) is 5.98. The number of aliphatic imine (C=N–C) groups is 1. The maximum atomic E-state index is 13.0. The zero-order valence-corrected chi connectivity index (χ0v) is 13.7. The number of carbonyl (C=O) groups is 1. The molecule has 2 aromatic carbocycles. The summed E-state index contributed by atoms with van der Waals surface area (Å²) in [5, 5.41) is 13.3. The molecule has 1 N–H and O–H groups in total. The molecule has 0 atom stereocenters. The van der Waals surface area contributed by atoms with E-state index in [2.05, 4.69) is 26.2 Å². The van der Waals surface area contributed by atoms with Gasteiger partial charge in [0.2, 0.25) is 0 Å². The van der Waals surface area contributed by atoms with Crippen molar-refractivity contribution in [2.75, 3.05) is 5.32 Å². The lowest BCUT2D eigenvalue weighted by Crippen LogP contribution is -2.14. The Morgan fingerprint density at radius 3 is 2.52 bits per heavy atom. The first-order valence-electron chi connectivity index (χ1n) is 6.72. The summed E-state index contributed by atoms with van der Waals surface area (Å²) in [6.45, 7) is 0. The summed E-state index contributed by atoms with van der Waals surface area (Å²) >= 11 is 3.24. The van der Waals surface area contributed by atoms with E-state index in [1.165, 1.54) is 0 Å². The zero-order valence-electron chi connectivity index (χ0n) is 12.1. The summed E-state index contributed by atoms with van der Waals surface area (Å²) in [6, 6.07) is 7.24. The standard InChI is InChI=1S/C15H7BrF3N3O3/c16-7-1-3-11-9(5-7)13(14(23)21-11)20-8-2-4-12(22(24)25)10(6-8)15(17,18)19/h1-6H,(H,20,21,23). The molecular weight excluding hydrogens is 407 g/mol. The maximum absolute atomic E-state index is 13.0. The number of nitro benzene ring substituents is 1. The van der Waals surface area contributed by atoms with Gasteiger partial charge >= 0.3 is 6.18 Å². The Bertz CT molecular complexity index is 941. The van der Waals surface area contributed by atoms with Gasteiger partial charge in [0, 0.05) is 16.1 Å². The Kier molecular flexibility index (Phi) is 4.07. The Balaban J connectivity index is 2.13. The topological polar surface area (TPSA) is 84.6 Å². The number of fused-ring (bicyclic) bond motifs is 1. The fourth-order valence-corrected chi connectivity index (χ4v) is 2.71. The van der Waals surface area contributed by atoms with Gasteiger partial charge in [-0.05, 0) is 30.3 Å². The van der Waals surface area contributed by atoms with Gasteiger partial charge in [-0.2, -0.15) is 13.2 Å². The number of anilines is 1. The van der Waals surface area contributed by atoms with Crippen LogP contribution in [0, 0.1) is 10.1 Å². The summed E-state index contributed by atoms with van der Waals surface area (Å²) in [5.41, 5.74) is -1.88. The molecule has 0 saturated heterocycles. The highest BCUT2D eigenvalue weighted by atomic mass is 79.9. The van der Waals surface area contributed by atoms with Gasteiger partial charge in [0.05, 0.1) is 16.3 Å². The number of carbonyl (C=O) groups excluding carboxylic acids is 1. The summed E-state index contributed by atoms with van der Waals surface area (Å²) in [5.74, 6) is -0.569. The van der Waals surface area contributed by atoms with Crippen molar-refractivity contribution in [2.24, 2.45) is 4.99 Å². The van der Waals surface area contributed by atoms with Gasteiger partial charge in [0.25, 0.3) is 11.6 Å². The van der Waals surface area contributed by atoms with Gasteiger partial charge in [0.15, 0.2) is 0 Å². The van der Waals surface area contributed by atoms with Crippen molar-refractivity contribution in [2.45, 2.75) is 6.18 Å². The number of hydrogen-bond acceptors (Lipinski definition) is 4. The van der Waals surface area contributed by atoms with E-state index < -0.39 is 28.3 Å². The molecule has 0 saturated carbocycles. The lowest BCUT2D eigenvalue weighted by atomic mass is 10.1. The molecule has 6 nitrogen and oxygen atoms in total. The van der Waals surface area contributed by atoms with E-state index in [0.717, 1.165) is 12.1 Å². The number of alkyl halides is 3. The largest absolute Gasteiger partial charge is 0.423 e. The quantitative estimate of drug-likeness (QED) is 0.582. The highest BCUT2D eigenvalue weighted by molar-refractivity contribution is 9.10. The van der Waals surface area contributed by atoms with Crippen molar-refractivity contribution >= 4 is 44.6 Å². The molecule has 1 amide bonds. The first kappa shape index (κ1) is 17.1. The minimum atomic E-state index is -4.92. The molecule has 0 spiro atoms. The van der Waals surface area contributed by atoms with Crippen LogP contribution in [0.15, 0.2) is 45.9 Å². The van der Waals surface area contributed by atoms with Crippen LogP contribution in [0.4, 0.5) is 30.2 Å². The molecule has 1 aliphatic heterocycles. The number of benzene rings is 2. The predicted molar refractivity (Wildman–Crippen MR) is 87.1 cm³/mol. The third-order valence-corrected chi connectivity index (χ3v) is 3.92. The Hall–Kier alpha value is -2.75. The van der Waals surface area contributed by atoms with Crippen molar-refractivity contribution < 1.29 is 22.9 Å². The van der Waals surface area contributed by atoms with Gasteiger partial charge in [-0.25, -0.2) is 4.99 Å². The molecule has 25 heavy (non-hydrogen) atoms. The monoisotopic (exact) mass is 413 g/mol. The third kappa shape index (κ3) is 3.25. The number of nitrogens with one attached hydrogen (secondary N) is 1. The van der Waals surface area contributed by atoms with E-state index >= 15 is 0 Å². The normalized spacial score (nSPS) is 15.2. The molecule has 0 radical (unpaired) electrons. The molecule has 0 aromatic heterocycles. The molecular formula is C15H7BrF3N3O3. The van der Waals surface area contributed by atoms with Crippen molar-refractivity contribution in [1.82, 2.24) is 0 Å². The second kappa shape index (κ2) is 5.96. The summed E-state index contributed by atoms with van der Waals surface area (Å²) in [6.07, 6.45) is -4.92. The maximum Gasteiger partial charge on any atom is 0.423 e. The predicted octanol–water partition coefficient (Wildman–Crippen LogP) is 4.45. The van der Waals surface area contributed by atoms with E-state index in [0.29, 0.717) is 21.8 Å². The molecule has 0 aliphatic carbocycles. The summed E-state index contributed by atoms with van der Waals surface area (Å²) in [4.78, 5) is 25.6. The van der Waals surface area contributed by atoms with Crippen LogP contribution in [0.3, 0.4) is 0 Å². The van der Waals surface area contributed by atoms with Crippen LogP contribution in [0.2, 0.25) is 0 Å². The number of halogens is 4. The van der Waals surface area contributed by atoms with Crippen LogP contribution < -0.4 is 5.32 Å². The van der Waals surface area contributed by atoms with Crippen LogP contribution in [0.25, 0.3) is 0 Å². The summed E-state index contributed by atoms with van der Waals surface area (Å²) < 4.78 is 39.8. The van der Waals surface area contributed by atoms with Gasteiger partial charge in [-0.15, -0.1) is 0 Å². The molecule has 3 rings (SSSR count). The highest BCUT2D eigenvalue weighted by Crippen LogP contribution is 2.38. The molecule has 0 fully saturated rings. The Morgan fingerprint density at radius 1 is 1.16 bits per heavy atom. The van der Waals surface area contributed by atoms with Crippen molar-refractivity contribution in [1.29, 1.82) is 0 Å². The van der Waals surface area contributed by atoms with Crippen molar-refractivity contribution in [3.8, 4) is 0 Å². The van der Waals surface area contributed by atoms with Crippen LogP contribution >= 0.6 is 15.9 Å². The lowest BCUT2D eigenvalue weighted by Gasteiger charge is -2.08. The fraction of sp³-hybridized carbons (Fsp3) is 0.0667. The second-order valence-electron chi connectivity index (χ2n) is 5.06. The smallest absolute Gasteiger partial charge is 0.320 e. The number of hydrogen-bond donors (Lipinski definition) is 1. The molecule has 2 aromatic rings. The number of amides is 1. The third-order valence-electron chi connectivity index (χ3n) is 3.42. The number of rotatable bonds is 2. The van der Waals surface area contributed by atoms with Gasteiger partial charge in [-0.1, -0.05) is 15.9 Å². The first-order valence-corrected chi connectivity index (χ1v) is 7.52. The lowest BCUT2D eigenvalue weighted by molar-refractivity contribution is -0.388. The molecule has 128 valence electrons. The van der Waals surface area contributed by atoms with E-state index in [1.54, 1.807) is 18.2 Å². The minimum Gasteiger partial charge on any atom is -0.320 e. The van der Waals surface area contributed by atoms with Crippen molar-refractivity contribution in [3.63, 3.8) is 0 Å². The molecule has 0 bridgehead atoms. The van der Waals surface area contributed by atoms with E-state index in [4.69, 9.17) is 0 Å². The number of nitrogens with zero attached hydrogens (tertiary/aromatic N) is 2. The van der Waals surface area contributed by atoms with Crippen LogP contribution in [0.1, 0.15) is 11.1 Å². The Morgan fingerprint density at radius 2 is 1.88 bits per heavy atom. The molecule has 1 heterocycles. The van der Waals surface area contributed by atoms with E-state index in [-0.39, 0.29) is 11.4 Å². The average molecular weight is 414 g/mol. The van der Waals surface area contributed by atoms with E-state index in [1.807, 2.05) is 0 Å². The van der Waals surface area contributed by atoms with Gasteiger partial charge in [-0.3, -0.25) is 14.9 Å². The first-order chi connectivity index (χ1) is 11.7. The zero-order chi connectivity index (χ0) is 18.4. The fourth-order valence-electron chi connectivity index (χ4n) is 2.35. The number of nitro groups is 1. The van der Waals surface area contributed by atoms with Crippen LogP contribution in [0.5, 0.6) is 0 Å². The Labute approximate surface area is 146 Å². The molecule has 0 unspecified atom stereocenters.